The molecule has 1 amide bonds. The standard InChI is InChI=1S/C31H29FN8O4/c1-4-29(41)40-11-8-19(9-12-40)37-26-15-22-25(16-28(26)42-3)34-17-35-30(22)38-24-6-5-20(13-23(24)32)43-21-7-10-33-27(14-21)31-36-18(2)39-44-31/h4-7,10,13-17,19,37H,1,8-9,11-12H2,2-3H3,(H,34,35,38). The van der Waals surface area contributed by atoms with Gasteiger partial charge < -0.3 is 29.5 Å². The van der Waals surface area contributed by atoms with E-state index in [1.54, 1.807) is 49.4 Å². The maximum Gasteiger partial charge on any atom is 0.276 e. The third-order valence-corrected chi connectivity index (χ3v) is 7.20. The van der Waals surface area contributed by atoms with Crippen molar-refractivity contribution in [1.82, 2.24) is 30.0 Å². The molecule has 0 unspecified atom stereocenters. The van der Waals surface area contributed by atoms with Crippen molar-refractivity contribution in [2.75, 3.05) is 30.8 Å². The van der Waals surface area contributed by atoms with Crippen molar-refractivity contribution in [1.29, 1.82) is 0 Å². The van der Waals surface area contributed by atoms with Gasteiger partial charge in [0.2, 0.25) is 5.91 Å². The van der Waals surface area contributed by atoms with Crippen LogP contribution in [0, 0.1) is 12.7 Å². The van der Waals surface area contributed by atoms with E-state index in [0.29, 0.717) is 52.8 Å². The Morgan fingerprint density at radius 2 is 1.91 bits per heavy atom. The van der Waals surface area contributed by atoms with E-state index in [0.717, 1.165) is 18.5 Å². The van der Waals surface area contributed by atoms with Crippen molar-refractivity contribution in [3.05, 3.63) is 79.3 Å². The highest BCUT2D eigenvalue weighted by Gasteiger charge is 2.23. The first kappa shape index (κ1) is 28.5. The van der Waals surface area contributed by atoms with E-state index in [2.05, 4.69) is 42.3 Å². The lowest BCUT2D eigenvalue weighted by molar-refractivity contribution is -0.126. The number of fused-ring (bicyclic) bond motifs is 1. The molecule has 13 heteroatoms. The van der Waals surface area contributed by atoms with Gasteiger partial charge in [-0.05, 0) is 50.1 Å². The number of piperidine rings is 1. The molecule has 224 valence electrons. The Morgan fingerprint density at radius 1 is 1.09 bits per heavy atom. The first-order valence-electron chi connectivity index (χ1n) is 13.9. The fourth-order valence-electron chi connectivity index (χ4n) is 4.98. The predicted molar refractivity (Wildman–Crippen MR) is 162 cm³/mol. The van der Waals surface area contributed by atoms with Crippen LogP contribution in [0.3, 0.4) is 0 Å². The smallest absolute Gasteiger partial charge is 0.276 e. The number of anilines is 3. The number of nitrogens with zero attached hydrogens (tertiary/aromatic N) is 6. The van der Waals surface area contributed by atoms with Gasteiger partial charge in [-0.2, -0.15) is 4.98 Å². The summed E-state index contributed by atoms with van der Waals surface area (Å²) in [5.74, 6) is 1.91. The number of hydrogen-bond acceptors (Lipinski definition) is 11. The average Bonchev–Trinajstić information content (AvgIpc) is 3.48. The predicted octanol–water partition coefficient (Wildman–Crippen LogP) is 5.66. The maximum absolute atomic E-state index is 15.3. The third-order valence-electron chi connectivity index (χ3n) is 7.20. The van der Waals surface area contributed by atoms with Crippen molar-refractivity contribution in [3.63, 3.8) is 0 Å². The van der Waals surface area contributed by atoms with Crippen LogP contribution in [0.2, 0.25) is 0 Å². The highest BCUT2D eigenvalue weighted by atomic mass is 19.1. The average molecular weight is 597 g/mol. The topological polar surface area (TPSA) is 140 Å². The lowest BCUT2D eigenvalue weighted by atomic mass is 10.0. The van der Waals surface area contributed by atoms with Crippen molar-refractivity contribution in [2.24, 2.45) is 0 Å². The largest absolute Gasteiger partial charge is 0.495 e. The molecule has 1 aliphatic heterocycles. The minimum absolute atomic E-state index is 0.0617. The summed E-state index contributed by atoms with van der Waals surface area (Å²) in [6.45, 7) is 6.55. The molecule has 0 atom stereocenters. The maximum atomic E-state index is 15.3. The highest BCUT2D eigenvalue weighted by Crippen LogP contribution is 2.35. The number of halogens is 1. The summed E-state index contributed by atoms with van der Waals surface area (Å²) in [5, 5.41) is 11.1. The van der Waals surface area contributed by atoms with Gasteiger partial charge in [0, 0.05) is 48.9 Å². The lowest BCUT2D eigenvalue weighted by Crippen LogP contribution is -2.41. The Morgan fingerprint density at radius 3 is 2.64 bits per heavy atom. The number of carbonyl (C=O) groups is 1. The van der Waals surface area contributed by atoms with E-state index in [1.807, 2.05) is 12.1 Å². The molecule has 2 N–H and O–H groups in total. The zero-order valence-electron chi connectivity index (χ0n) is 24.1. The van der Waals surface area contributed by atoms with Crippen molar-refractivity contribution < 1.29 is 23.2 Å². The molecule has 5 aromatic rings. The molecule has 1 saturated heterocycles. The Kier molecular flexibility index (Phi) is 8.00. The molecule has 0 saturated carbocycles. The Labute approximate surface area is 251 Å². The quantitative estimate of drug-likeness (QED) is 0.204. The first-order valence-corrected chi connectivity index (χ1v) is 13.9. The summed E-state index contributed by atoms with van der Waals surface area (Å²) in [6, 6.07) is 11.6. The number of likely N-dealkylation sites (tertiary alicyclic amines) is 1. The van der Waals surface area contributed by atoms with E-state index in [1.165, 1.54) is 18.5 Å². The van der Waals surface area contributed by atoms with Crippen LogP contribution >= 0.6 is 0 Å². The second-order valence-electron chi connectivity index (χ2n) is 10.1. The highest BCUT2D eigenvalue weighted by molar-refractivity contribution is 5.95. The van der Waals surface area contributed by atoms with Crippen LogP contribution in [0.1, 0.15) is 18.7 Å². The van der Waals surface area contributed by atoms with Crippen LogP contribution in [0.15, 0.2) is 72.2 Å². The fourth-order valence-corrected chi connectivity index (χ4v) is 4.98. The molecule has 4 heterocycles. The minimum atomic E-state index is -0.538. The van der Waals surface area contributed by atoms with Crippen molar-refractivity contribution >= 4 is 34.0 Å². The van der Waals surface area contributed by atoms with Crippen LogP contribution in [0.4, 0.5) is 21.6 Å². The molecule has 0 radical (unpaired) electrons. The van der Waals surface area contributed by atoms with Crippen LogP contribution in [-0.4, -0.2) is 62.1 Å². The number of hydrogen-bond donors (Lipinski definition) is 2. The summed E-state index contributed by atoms with van der Waals surface area (Å²) in [4.78, 5) is 30.9. The Bertz CT molecular complexity index is 1840. The lowest BCUT2D eigenvalue weighted by Gasteiger charge is -2.32. The summed E-state index contributed by atoms with van der Waals surface area (Å²) >= 11 is 0. The van der Waals surface area contributed by atoms with Gasteiger partial charge in [-0.25, -0.2) is 14.4 Å². The van der Waals surface area contributed by atoms with Gasteiger partial charge in [0.05, 0.1) is 24.0 Å². The van der Waals surface area contributed by atoms with Crippen LogP contribution in [0.25, 0.3) is 22.5 Å². The summed E-state index contributed by atoms with van der Waals surface area (Å²) in [6.07, 6.45) is 5.84. The zero-order chi connectivity index (χ0) is 30.6. The number of aryl methyl sites for hydroxylation is 1. The van der Waals surface area contributed by atoms with E-state index in [9.17, 15) is 4.79 Å². The SMILES string of the molecule is C=CC(=O)N1CCC(Nc2cc3c(Nc4ccc(Oc5ccnc(-c6nc(C)no6)c5)cc4F)ncnc3cc2OC)CC1. The van der Waals surface area contributed by atoms with Crippen LogP contribution in [-0.2, 0) is 4.79 Å². The summed E-state index contributed by atoms with van der Waals surface area (Å²) in [5.41, 5.74) is 2.03. The molecule has 0 spiro atoms. The molecule has 2 aromatic carbocycles. The Balaban J connectivity index is 1.20. The molecular formula is C31H29FN8O4. The molecule has 6 rings (SSSR count). The Hall–Kier alpha value is -5.59. The second-order valence-corrected chi connectivity index (χ2v) is 10.1. The summed E-state index contributed by atoms with van der Waals surface area (Å²) < 4.78 is 32.0. The number of carbonyl (C=O) groups excluding carboxylic acids is 1. The molecule has 1 aliphatic rings. The molecule has 0 bridgehead atoms. The molecule has 3 aromatic heterocycles. The third kappa shape index (κ3) is 6.11. The van der Waals surface area contributed by atoms with E-state index >= 15 is 4.39 Å². The van der Waals surface area contributed by atoms with E-state index in [4.69, 9.17) is 14.0 Å². The molecule has 44 heavy (non-hydrogen) atoms. The van der Waals surface area contributed by atoms with Crippen LogP contribution < -0.4 is 20.1 Å². The fraction of sp³-hybridized carbons (Fsp3) is 0.226. The normalized spacial score (nSPS) is 13.5. The van der Waals surface area contributed by atoms with E-state index < -0.39 is 5.82 Å². The monoisotopic (exact) mass is 596 g/mol. The van der Waals surface area contributed by atoms with Gasteiger partial charge in [-0.15, -0.1) is 0 Å². The van der Waals surface area contributed by atoms with Gasteiger partial charge in [-0.1, -0.05) is 11.7 Å². The summed E-state index contributed by atoms with van der Waals surface area (Å²) in [7, 11) is 1.59. The number of methoxy groups -OCH3 is 1. The van der Waals surface area contributed by atoms with Crippen molar-refractivity contribution in [3.8, 4) is 28.8 Å². The zero-order valence-corrected chi connectivity index (χ0v) is 24.1. The molecular weight excluding hydrogens is 567 g/mol. The van der Waals surface area contributed by atoms with Crippen LogP contribution in [0.5, 0.6) is 17.2 Å². The number of aromatic nitrogens is 5. The molecule has 0 aliphatic carbocycles. The van der Waals surface area contributed by atoms with Crippen molar-refractivity contribution in [2.45, 2.75) is 25.8 Å². The number of nitrogens with one attached hydrogen (secondary N) is 2. The first-order chi connectivity index (χ1) is 21.4. The number of amides is 1. The van der Waals surface area contributed by atoms with Gasteiger partial charge in [0.15, 0.2) is 5.82 Å². The minimum Gasteiger partial charge on any atom is -0.495 e. The van der Waals surface area contributed by atoms with Gasteiger partial charge in [-0.3, -0.25) is 9.78 Å². The van der Waals surface area contributed by atoms with Gasteiger partial charge in [0.25, 0.3) is 5.89 Å². The van der Waals surface area contributed by atoms with Gasteiger partial charge >= 0.3 is 0 Å². The molecule has 12 nitrogen and oxygen atoms in total. The second kappa shape index (κ2) is 12.3. The number of rotatable bonds is 9. The number of ether oxygens (including phenoxy) is 2. The number of benzene rings is 2. The molecule has 1 fully saturated rings. The van der Waals surface area contributed by atoms with Gasteiger partial charge in [0.1, 0.15) is 40.9 Å². The van der Waals surface area contributed by atoms with E-state index in [-0.39, 0.29) is 29.3 Å². The number of pyridine rings is 1.